The summed E-state index contributed by atoms with van der Waals surface area (Å²) in [7, 11) is 0. The van der Waals surface area contributed by atoms with Crippen LogP contribution in [-0.2, 0) is 13.0 Å². The Labute approximate surface area is 138 Å². The lowest BCUT2D eigenvalue weighted by atomic mass is 10.1. The van der Waals surface area contributed by atoms with Crippen molar-refractivity contribution in [2.45, 2.75) is 13.0 Å². The summed E-state index contributed by atoms with van der Waals surface area (Å²) in [4.78, 5) is 14.6. The maximum atomic E-state index is 11.4. The summed E-state index contributed by atoms with van der Waals surface area (Å²) in [6.45, 7) is 0.597. The summed E-state index contributed by atoms with van der Waals surface area (Å²) in [6, 6.07) is 18.2. The molecular weight excluding hydrogens is 300 g/mol. The van der Waals surface area contributed by atoms with Crippen LogP contribution in [0.2, 0.25) is 0 Å². The molecule has 0 spiro atoms. The maximum absolute atomic E-state index is 11.4. The number of fused-ring (bicyclic) bond motifs is 1. The summed E-state index contributed by atoms with van der Waals surface area (Å²) in [6.07, 6.45) is 3.37. The molecule has 2 aromatic carbocycles. The number of para-hydroxylation sites is 1. The number of benzene rings is 2. The third-order valence-electron chi connectivity index (χ3n) is 4.19. The molecular formula is C19H16N4O. The number of hydrogen-bond donors (Lipinski definition) is 1. The normalized spacial score (nSPS) is 11.0. The van der Waals surface area contributed by atoms with Crippen molar-refractivity contribution in [2.75, 3.05) is 0 Å². The average molecular weight is 316 g/mol. The highest BCUT2D eigenvalue weighted by atomic mass is 16.1. The van der Waals surface area contributed by atoms with Crippen LogP contribution in [0.5, 0.6) is 0 Å². The minimum absolute atomic E-state index is 0.399. The van der Waals surface area contributed by atoms with E-state index in [1.54, 1.807) is 4.68 Å². The quantitative estimate of drug-likeness (QED) is 0.575. The molecule has 0 radical (unpaired) electrons. The van der Waals surface area contributed by atoms with E-state index in [1.165, 1.54) is 0 Å². The van der Waals surface area contributed by atoms with Gasteiger partial charge >= 0.3 is 0 Å². The fourth-order valence-electron chi connectivity index (χ4n) is 2.96. The van der Waals surface area contributed by atoms with Crippen molar-refractivity contribution in [3.8, 4) is 0 Å². The number of carbonyl (C=O) groups excluding carboxylic acids is 1. The standard InChI is InChI=1S/C19H16N4O/c24-13-18-19(10-15-11-20-17-9-5-4-8-16(15)17)23(22-21-18)12-14-6-2-1-3-7-14/h1-9,11,13,20H,10,12H2. The predicted octanol–water partition coefficient (Wildman–Crippen LogP) is 3.21. The summed E-state index contributed by atoms with van der Waals surface area (Å²) in [5.41, 5.74) is 4.57. The Balaban J connectivity index is 1.71. The van der Waals surface area contributed by atoms with Gasteiger partial charge in [-0.15, -0.1) is 5.10 Å². The molecule has 5 nitrogen and oxygen atoms in total. The molecule has 5 heteroatoms. The molecule has 0 amide bonds. The zero-order chi connectivity index (χ0) is 16.4. The van der Waals surface area contributed by atoms with Gasteiger partial charge in [-0.1, -0.05) is 53.7 Å². The van der Waals surface area contributed by atoms with Crippen molar-refractivity contribution < 1.29 is 4.79 Å². The van der Waals surface area contributed by atoms with Crippen molar-refractivity contribution in [1.29, 1.82) is 0 Å². The molecule has 4 aromatic rings. The molecule has 118 valence electrons. The van der Waals surface area contributed by atoms with Crippen LogP contribution in [0.25, 0.3) is 10.9 Å². The largest absolute Gasteiger partial charge is 0.361 e. The lowest BCUT2D eigenvalue weighted by Gasteiger charge is -2.07. The zero-order valence-electron chi connectivity index (χ0n) is 13.0. The second kappa shape index (κ2) is 6.12. The van der Waals surface area contributed by atoms with Crippen LogP contribution in [0, 0.1) is 0 Å². The molecule has 0 unspecified atom stereocenters. The van der Waals surface area contributed by atoms with Gasteiger partial charge in [-0.3, -0.25) is 4.79 Å². The van der Waals surface area contributed by atoms with E-state index < -0.39 is 0 Å². The van der Waals surface area contributed by atoms with Gasteiger partial charge in [0.15, 0.2) is 6.29 Å². The lowest BCUT2D eigenvalue weighted by molar-refractivity contribution is 0.111. The average Bonchev–Trinajstić information content (AvgIpc) is 3.21. The first-order valence-electron chi connectivity index (χ1n) is 7.81. The molecule has 0 saturated heterocycles. The van der Waals surface area contributed by atoms with Gasteiger partial charge < -0.3 is 4.98 Å². The Hall–Kier alpha value is -3.21. The molecule has 0 saturated carbocycles. The number of H-pyrrole nitrogens is 1. The van der Waals surface area contributed by atoms with E-state index in [2.05, 4.69) is 21.4 Å². The first kappa shape index (κ1) is 14.4. The van der Waals surface area contributed by atoms with Gasteiger partial charge in [-0.2, -0.15) is 0 Å². The molecule has 0 aliphatic carbocycles. The first-order chi connectivity index (χ1) is 11.8. The summed E-state index contributed by atoms with van der Waals surface area (Å²) in [5.74, 6) is 0. The molecule has 0 fully saturated rings. The Bertz CT molecular complexity index is 985. The molecule has 24 heavy (non-hydrogen) atoms. The van der Waals surface area contributed by atoms with Crippen molar-refractivity contribution in [2.24, 2.45) is 0 Å². The van der Waals surface area contributed by atoms with Gasteiger partial charge in [0.1, 0.15) is 5.69 Å². The SMILES string of the molecule is O=Cc1nnn(Cc2ccccc2)c1Cc1c[nH]c2ccccc12. The molecule has 1 N–H and O–H groups in total. The monoisotopic (exact) mass is 316 g/mol. The number of nitrogens with zero attached hydrogens (tertiary/aromatic N) is 3. The van der Waals surface area contributed by atoms with Gasteiger partial charge in [0, 0.05) is 23.5 Å². The van der Waals surface area contributed by atoms with Crippen molar-refractivity contribution in [3.05, 3.63) is 83.3 Å². The summed E-state index contributed by atoms with van der Waals surface area (Å²) >= 11 is 0. The lowest BCUT2D eigenvalue weighted by Crippen LogP contribution is -2.08. The van der Waals surface area contributed by atoms with E-state index >= 15 is 0 Å². The van der Waals surface area contributed by atoms with E-state index in [0.717, 1.165) is 34.0 Å². The van der Waals surface area contributed by atoms with Crippen LogP contribution in [-0.4, -0.2) is 26.3 Å². The first-order valence-corrected chi connectivity index (χ1v) is 7.81. The number of nitrogens with one attached hydrogen (secondary N) is 1. The van der Waals surface area contributed by atoms with Gasteiger partial charge in [-0.25, -0.2) is 4.68 Å². The smallest absolute Gasteiger partial charge is 0.172 e. The molecule has 2 heterocycles. The molecule has 0 aliphatic rings. The van der Waals surface area contributed by atoms with E-state index in [0.29, 0.717) is 18.7 Å². The van der Waals surface area contributed by atoms with E-state index in [4.69, 9.17) is 0 Å². The number of aldehydes is 1. The highest BCUT2D eigenvalue weighted by Gasteiger charge is 2.15. The van der Waals surface area contributed by atoms with Crippen LogP contribution in [0.1, 0.15) is 27.3 Å². The molecule has 2 aromatic heterocycles. The number of carbonyl (C=O) groups is 1. The van der Waals surface area contributed by atoms with Gasteiger partial charge in [-0.05, 0) is 17.2 Å². The van der Waals surface area contributed by atoms with Gasteiger partial charge in [0.25, 0.3) is 0 Å². The fraction of sp³-hybridized carbons (Fsp3) is 0.105. The Morgan fingerprint density at radius 3 is 2.67 bits per heavy atom. The molecule has 0 aliphatic heterocycles. The van der Waals surface area contributed by atoms with Crippen LogP contribution in [0.15, 0.2) is 60.8 Å². The van der Waals surface area contributed by atoms with E-state index in [9.17, 15) is 4.79 Å². The Kier molecular flexibility index (Phi) is 3.67. The van der Waals surface area contributed by atoms with Crippen molar-refractivity contribution >= 4 is 17.2 Å². The minimum atomic E-state index is 0.399. The highest BCUT2D eigenvalue weighted by Crippen LogP contribution is 2.21. The number of rotatable bonds is 5. The number of aromatic amines is 1. The number of hydrogen-bond acceptors (Lipinski definition) is 3. The second-order valence-electron chi connectivity index (χ2n) is 5.72. The number of aromatic nitrogens is 4. The van der Waals surface area contributed by atoms with E-state index in [-0.39, 0.29) is 0 Å². The zero-order valence-corrected chi connectivity index (χ0v) is 13.0. The van der Waals surface area contributed by atoms with Crippen molar-refractivity contribution in [3.63, 3.8) is 0 Å². The Morgan fingerprint density at radius 1 is 1.04 bits per heavy atom. The Morgan fingerprint density at radius 2 is 1.83 bits per heavy atom. The molecule has 0 bridgehead atoms. The minimum Gasteiger partial charge on any atom is -0.361 e. The summed E-state index contributed by atoms with van der Waals surface area (Å²) < 4.78 is 1.81. The maximum Gasteiger partial charge on any atom is 0.172 e. The van der Waals surface area contributed by atoms with Crippen molar-refractivity contribution in [1.82, 2.24) is 20.0 Å². The fourth-order valence-corrected chi connectivity index (χ4v) is 2.96. The van der Waals surface area contributed by atoms with Gasteiger partial charge in [0.05, 0.1) is 12.2 Å². The predicted molar refractivity (Wildman–Crippen MR) is 92.1 cm³/mol. The van der Waals surface area contributed by atoms with Gasteiger partial charge in [0.2, 0.25) is 0 Å². The van der Waals surface area contributed by atoms with E-state index in [1.807, 2.05) is 54.7 Å². The van der Waals surface area contributed by atoms with Crippen LogP contribution in [0.4, 0.5) is 0 Å². The second-order valence-corrected chi connectivity index (χ2v) is 5.72. The third-order valence-corrected chi connectivity index (χ3v) is 4.19. The summed E-state index contributed by atoms with van der Waals surface area (Å²) in [5, 5.41) is 9.35. The van der Waals surface area contributed by atoms with Crippen LogP contribution < -0.4 is 0 Å². The molecule has 4 rings (SSSR count). The highest BCUT2D eigenvalue weighted by molar-refractivity contribution is 5.83. The molecule has 0 atom stereocenters. The van der Waals surface area contributed by atoms with Crippen LogP contribution >= 0.6 is 0 Å². The van der Waals surface area contributed by atoms with Crippen LogP contribution in [0.3, 0.4) is 0 Å². The topological polar surface area (TPSA) is 63.6 Å². The third kappa shape index (κ3) is 2.60.